The van der Waals surface area contributed by atoms with E-state index in [4.69, 9.17) is 0 Å². The number of carbonyl (C=O) groups excluding carboxylic acids is 1. The molecule has 15 heavy (non-hydrogen) atoms. The van der Waals surface area contributed by atoms with E-state index in [1.165, 1.54) is 32.1 Å². The Balaban J connectivity index is 2.98. The molecular weight excluding hydrogens is 186 g/mol. The zero-order valence-corrected chi connectivity index (χ0v) is 10.1. The van der Waals surface area contributed by atoms with Gasteiger partial charge in [-0.15, -0.1) is 6.58 Å². The molecule has 0 aromatic carbocycles. The minimum atomic E-state index is 0.168. The van der Waals surface area contributed by atoms with E-state index >= 15 is 0 Å². The molecule has 0 aliphatic rings. The Bertz CT molecular complexity index is 166. The zero-order chi connectivity index (χ0) is 11.4. The summed E-state index contributed by atoms with van der Waals surface area (Å²) in [7, 11) is 0. The first-order valence-corrected chi connectivity index (χ1v) is 6.18. The number of allylic oxidation sites excluding steroid dienone is 1. The van der Waals surface area contributed by atoms with Crippen molar-refractivity contribution in [1.82, 2.24) is 5.32 Å². The third-order valence-corrected chi connectivity index (χ3v) is 2.48. The van der Waals surface area contributed by atoms with Crippen LogP contribution in [-0.4, -0.2) is 12.5 Å². The van der Waals surface area contributed by atoms with Crippen LogP contribution in [0, 0.1) is 0 Å². The minimum Gasteiger partial charge on any atom is -0.356 e. The van der Waals surface area contributed by atoms with Crippen molar-refractivity contribution in [3.8, 4) is 0 Å². The minimum absolute atomic E-state index is 0.168. The molecule has 0 atom stereocenters. The van der Waals surface area contributed by atoms with Crippen LogP contribution >= 0.6 is 0 Å². The van der Waals surface area contributed by atoms with Crippen LogP contribution in [-0.2, 0) is 4.79 Å². The summed E-state index contributed by atoms with van der Waals surface area (Å²) in [5.74, 6) is 0.168. The molecule has 0 saturated heterocycles. The largest absolute Gasteiger partial charge is 0.356 e. The number of nitrogens with one attached hydrogen (secondary N) is 1. The van der Waals surface area contributed by atoms with E-state index in [-0.39, 0.29) is 5.91 Å². The van der Waals surface area contributed by atoms with E-state index < -0.39 is 0 Å². The van der Waals surface area contributed by atoms with Crippen molar-refractivity contribution in [2.24, 2.45) is 0 Å². The number of hydrogen-bond acceptors (Lipinski definition) is 1. The van der Waals surface area contributed by atoms with Gasteiger partial charge in [0.15, 0.2) is 0 Å². The lowest BCUT2D eigenvalue weighted by Gasteiger charge is -2.03. The summed E-state index contributed by atoms with van der Waals surface area (Å²) in [4.78, 5) is 10.9. The molecule has 0 heterocycles. The standard InChI is InChI=1S/C13H25NO/c1-3-5-6-7-8-9-10-11-12-14-13(15)4-2/h3H,1,4-12H2,2H3,(H,14,15). The molecule has 0 aromatic heterocycles. The molecule has 88 valence electrons. The van der Waals surface area contributed by atoms with Gasteiger partial charge in [-0.3, -0.25) is 4.79 Å². The fraction of sp³-hybridized carbons (Fsp3) is 0.769. The molecule has 0 aromatic rings. The maximum absolute atomic E-state index is 10.9. The lowest BCUT2D eigenvalue weighted by molar-refractivity contribution is -0.120. The fourth-order valence-corrected chi connectivity index (χ4v) is 1.47. The molecule has 0 bridgehead atoms. The van der Waals surface area contributed by atoms with Gasteiger partial charge in [0.25, 0.3) is 0 Å². The van der Waals surface area contributed by atoms with Gasteiger partial charge >= 0.3 is 0 Å². The molecule has 0 rings (SSSR count). The monoisotopic (exact) mass is 211 g/mol. The molecule has 0 spiro atoms. The Kier molecular flexibility index (Phi) is 10.7. The maximum Gasteiger partial charge on any atom is 0.219 e. The molecule has 0 aliphatic carbocycles. The molecule has 2 nitrogen and oxygen atoms in total. The summed E-state index contributed by atoms with van der Waals surface area (Å²) >= 11 is 0. The molecule has 0 radical (unpaired) electrons. The average Bonchev–Trinajstić information content (AvgIpc) is 2.26. The van der Waals surface area contributed by atoms with Crippen LogP contribution in [0.1, 0.15) is 58.3 Å². The quantitative estimate of drug-likeness (QED) is 0.435. The normalized spacial score (nSPS) is 9.93. The Morgan fingerprint density at radius 2 is 1.73 bits per heavy atom. The number of amides is 1. The van der Waals surface area contributed by atoms with E-state index in [1.807, 2.05) is 13.0 Å². The van der Waals surface area contributed by atoms with Crippen LogP contribution < -0.4 is 5.32 Å². The molecular formula is C13H25NO. The van der Waals surface area contributed by atoms with Gasteiger partial charge in [-0.25, -0.2) is 0 Å². The molecule has 1 N–H and O–H groups in total. The van der Waals surface area contributed by atoms with E-state index in [2.05, 4.69) is 11.9 Å². The van der Waals surface area contributed by atoms with Gasteiger partial charge in [0.1, 0.15) is 0 Å². The van der Waals surface area contributed by atoms with Gasteiger partial charge in [-0.05, 0) is 19.3 Å². The van der Waals surface area contributed by atoms with Gasteiger partial charge in [0.2, 0.25) is 5.91 Å². The summed E-state index contributed by atoms with van der Waals surface area (Å²) in [6.07, 6.45) is 11.3. The Morgan fingerprint density at radius 1 is 1.13 bits per heavy atom. The summed E-state index contributed by atoms with van der Waals surface area (Å²) in [5, 5.41) is 2.89. The first-order valence-electron chi connectivity index (χ1n) is 6.18. The first-order chi connectivity index (χ1) is 7.31. The second kappa shape index (κ2) is 11.3. The lowest BCUT2D eigenvalue weighted by Crippen LogP contribution is -2.23. The van der Waals surface area contributed by atoms with E-state index in [0.29, 0.717) is 6.42 Å². The van der Waals surface area contributed by atoms with Gasteiger partial charge in [-0.2, -0.15) is 0 Å². The third-order valence-electron chi connectivity index (χ3n) is 2.48. The fourth-order valence-electron chi connectivity index (χ4n) is 1.47. The van der Waals surface area contributed by atoms with Crippen molar-refractivity contribution >= 4 is 5.91 Å². The van der Waals surface area contributed by atoms with Crippen molar-refractivity contribution in [2.75, 3.05) is 6.54 Å². The maximum atomic E-state index is 10.9. The van der Waals surface area contributed by atoms with Crippen molar-refractivity contribution in [3.05, 3.63) is 12.7 Å². The van der Waals surface area contributed by atoms with Gasteiger partial charge < -0.3 is 5.32 Å². The van der Waals surface area contributed by atoms with Gasteiger partial charge in [0, 0.05) is 13.0 Å². The molecule has 0 saturated carbocycles. The lowest BCUT2D eigenvalue weighted by atomic mass is 10.1. The van der Waals surface area contributed by atoms with E-state index in [9.17, 15) is 4.79 Å². The van der Waals surface area contributed by atoms with Crippen LogP contribution in [0.4, 0.5) is 0 Å². The number of hydrogen-bond donors (Lipinski definition) is 1. The predicted octanol–water partition coefficient (Wildman–Crippen LogP) is 3.43. The summed E-state index contributed by atoms with van der Waals surface area (Å²) in [5.41, 5.74) is 0. The van der Waals surface area contributed by atoms with E-state index in [0.717, 1.165) is 19.4 Å². The predicted molar refractivity (Wildman–Crippen MR) is 65.8 cm³/mol. The summed E-state index contributed by atoms with van der Waals surface area (Å²) in [6.45, 7) is 6.43. The highest BCUT2D eigenvalue weighted by Crippen LogP contribution is 2.06. The summed E-state index contributed by atoms with van der Waals surface area (Å²) < 4.78 is 0. The van der Waals surface area contributed by atoms with Gasteiger partial charge in [0.05, 0.1) is 0 Å². The SMILES string of the molecule is C=CCCCCCCCCNC(=O)CC. The third kappa shape index (κ3) is 11.1. The van der Waals surface area contributed by atoms with Crippen molar-refractivity contribution in [3.63, 3.8) is 0 Å². The Hall–Kier alpha value is -0.790. The highest BCUT2D eigenvalue weighted by molar-refractivity contribution is 5.75. The number of unbranched alkanes of at least 4 members (excludes halogenated alkanes) is 6. The highest BCUT2D eigenvalue weighted by atomic mass is 16.1. The Labute approximate surface area is 94.1 Å². The van der Waals surface area contributed by atoms with Crippen molar-refractivity contribution < 1.29 is 4.79 Å². The van der Waals surface area contributed by atoms with Crippen LogP contribution in [0.25, 0.3) is 0 Å². The van der Waals surface area contributed by atoms with Crippen molar-refractivity contribution in [2.45, 2.75) is 58.3 Å². The molecule has 1 amide bonds. The second-order valence-electron chi connectivity index (χ2n) is 3.90. The second-order valence-corrected chi connectivity index (χ2v) is 3.90. The van der Waals surface area contributed by atoms with Crippen LogP contribution in [0.15, 0.2) is 12.7 Å². The molecule has 2 heteroatoms. The highest BCUT2D eigenvalue weighted by Gasteiger charge is 1.95. The van der Waals surface area contributed by atoms with Crippen molar-refractivity contribution in [1.29, 1.82) is 0 Å². The average molecular weight is 211 g/mol. The smallest absolute Gasteiger partial charge is 0.219 e. The topological polar surface area (TPSA) is 29.1 Å². The zero-order valence-electron chi connectivity index (χ0n) is 10.1. The molecule has 0 aliphatic heterocycles. The van der Waals surface area contributed by atoms with Gasteiger partial charge in [-0.1, -0.05) is 38.7 Å². The number of carbonyl (C=O) groups is 1. The number of rotatable bonds is 10. The van der Waals surface area contributed by atoms with Crippen LogP contribution in [0.2, 0.25) is 0 Å². The molecule has 0 unspecified atom stereocenters. The Morgan fingerprint density at radius 3 is 2.33 bits per heavy atom. The summed E-state index contributed by atoms with van der Waals surface area (Å²) in [6, 6.07) is 0. The molecule has 0 fully saturated rings. The van der Waals surface area contributed by atoms with E-state index in [1.54, 1.807) is 0 Å². The van der Waals surface area contributed by atoms with Crippen LogP contribution in [0.5, 0.6) is 0 Å². The van der Waals surface area contributed by atoms with Crippen LogP contribution in [0.3, 0.4) is 0 Å². The first kappa shape index (κ1) is 14.2.